The lowest BCUT2D eigenvalue weighted by Gasteiger charge is -2.07. The number of aliphatic hydroxyl groups is 1. The van der Waals surface area contributed by atoms with Gasteiger partial charge < -0.3 is 5.11 Å². The quantitative estimate of drug-likeness (QED) is 0.862. The highest BCUT2D eigenvalue weighted by molar-refractivity contribution is 5.73. The monoisotopic (exact) mass is 250 g/mol. The Morgan fingerprint density at radius 2 is 1.37 bits per heavy atom. The Kier molecular flexibility index (Phi) is 3.47. The molecule has 1 N–H and O–H groups in total. The maximum Gasteiger partial charge on any atom is 0.0647 e. The highest BCUT2D eigenvalue weighted by Gasteiger charge is 2.15. The molecule has 1 nitrogen and oxygen atoms in total. The molecule has 19 heavy (non-hydrogen) atoms. The summed E-state index contributed by atoms with van der Waals surface area (Å²) in [5.41, 5.74) is 6.32. The van der Waals surface area contributed by atoms with Gasteiger partial charge in [-0.1, -0.05) is 54.6 Å². The second kappa shape index (κ2) is 5.41. The molecule has 0 amide bonds. The summed E-state index contributed by atoms with van der Waals surface area (Å²) in [7, 11) is 0. The van der Waals surface area contributed by atoms with E-state index in [9.17, 15) is 5.11 Å². The van der Waals surface area contributed by atoms with Gasteiger partial charge in [0.2, 0.25) is 0 Å². The summed E-state index contributed by atoms with van der Waals surface area (Å²) < 4.78 is 0. The van der Waals surface area contributed by atoms with E-state index >= 15 is 0 Å². The van der Waals surface area contributed by atoms with Crippen molar-refractivity contribution in [1.82, 2.24) is 0 Å². The average molecular weight is 250 g/mol. The third kappa shape index (κ3) is 2.47. The van der Waals surface area contributed by atoms with E-state index in [0.717, 1.165) is 12.8 Å². The minimum atomic E-state index is 0.204. The van der Waals surface area contributed by atoms with E-state index in [1.165, 1.54) is 34.3 Å². The predicted molar refractivity (Wildman–Crippen MR) is 79.7 cm³/mol. The van der Waals surface area contributed by atoms with Crippen LogP contribution >= 0.6 is 0 Å². The van der Waals surface area contributed by atoms with Crippen molar-refractivity contribution < 1.29 is 5.11 Å². The van der Waals surface area contributed by atoms with Crippen LogP contribution in [0.15, 0.2) is 60.2 Å². The number of allylic oxidation sites excluding steroid dienone is 1. The summed E-state index contributed by atoms with van der Waals surface area (Å²) in [6.07, 6.45) is 3.32. The molecule has 2 aromatic carbocycles. The fourth-order valence-electron chi connectivity index (χ4n) is 2.82. The Bertz CT molecular complexity index is 579. The van der Waals surface area contributed by atoms with Gasteiger partial charge >= 0.3 is 0 Å². The zero-order valence-corrected chi connectivity index (χ0v) is 11.0. The van der Waals surface area contributed by atoms with Crippen LogP contribution in [0.4, 0.5) is 0 Å². The minimum absolute atomic E-state index is 0.204. The third-order valence-corrected chi connectivity index (χ3v) is 3.86. The second-order valence-corrected chi connectivity index (χ2v) is 5.04. The molecule has 1 aliphatic carbocycles. The molecule has 0 heterocycles. The van der Waals surface area contributed by atoms with E-state index in [1.807, 2.05) is 6.07 Å². The SMILES string of the molecule is OCC1=C(c2ccc(-c3ccccc3)cc2)CCC1. The second-order valence-electron chi connectivity index (χ2n) is 5.04. The van der Waals surface area contributed by atoms with Crippen molar-refractivity contribution in [3.05, 3.63) is 65.7 Å². The Balaban J connectivity index is 1.92. The molecule has 1 aliphatic rings. The van der Waals surface area contributed by atoms with E-state index in [-0.39, 0.29) is 6.61 Å². The van der Waals surface area contributed by atoms with E-state index in [1.54, 1.807) is 0 Å². The highest BCUT2D eigenvalue weighted by Crippen LogP contribution is 2.34. The molecule has 0 aliphatic heterocycles. The molecule has 0 spiro atoms. The van der Waals surface area contributed by atoms with Gasteiger partial charge in [-0.05, 0) is 47.1 Å². The molecule has 0 saturated carbocycles. The minimum Gasteiger partial charge on any atom is -0.392 e. The zero-order valence-electron chi connectivity index (χ0n) is 11.0. The molecule has 0 aromatic heterocycles. The van der Waals surface area contributed by atoms with Gasteiger partial charge in [0.25, 0.3) is 0 Å². The Morgan fingerprint density at radius 1 is 0.737 bits per heavy atom. The van der Waals surface area contributed by atoms with Gasteiger partial charge in [0.15, 0.2) is 0 Å². The molecule has 0 unspecified atom stereocenters. The molecule has 0 radical (unpaired) electrons. The summed E-state index contributed by atoms with van der Waals surface area (Å²) in [5, 5.41) is 9.37. The number of hydrogen-bond acceptors (Lipinski definition) is 1. The van der Waals surface area contributed by atoms with Crippen LogP contribution in [0.2, 0.25) is 0 Å². The first-order valence-electron chi connectivity index (χ1n) is 6.86. The lowest BCUT2D eigenvalue weighted by molar-refractivity contribution is 0.329. The summed E-state index contributed by atoms with van der Waals surface area (Å²) in [6, 6.07) is 19.1. The van der Waals surface area contributed by atoms with Crippen molar-refractivity contribution in [2.45, 2.75) is 19.3 Å². The lowest BCUT2D eigenvalue weighted by Crippen LogP contribution is -1.90. The normalized spacial score (nSPS) is 15.0. The van der Waals surface area contributed by atoms with Crippen LogP contribution in [0.25, 0.3) is 16.7 Å². The summed E-state index contributed by atoms with van der Waals surface area (Å²) >= 11 is 0. The van der Waals surface area contributed by atoms with E-state index < -0.39 is 0 Å². The third-order valence-electron chi connectivity index (χ3n) is 3.86. The molecule has 96 valence electrons. The predicted octanol–water partition coefficient (Wildman–Crippen LogP) is 4.28. The van der Waals surface area contributed by atoms with E-state index in [4.69, 9.17) is 0 Å². The van der Waals surface area contributed by atoms with E-state index in [2.05, 4.69) is 48.5 Å². The van der Waals surface area contributed by atoms with Crippen molar-refractivity contribution in [1.29, 1.82) is 0 Å². The van der Waals surface area contributed by atoms with Crippen LogP contribution in [0.1, 0.15) is 24.8 Å². The largest absolute Gasteiger partial charge is 0.392 e. The van der Waals surface area contributed by atoms with Crippen molar-refractivity contribution in [2.24, 2.45) is 0 Å². The topological polar surface area (TPSA) is 20.2 Å². The maximum absolute atomic E-state index is 9.37. The molecular formula is C18H18O. The Morgan fingerprint density at radius 3 is 2.05 bits per heavy atom. The van der Waals surface area contributed by atoms with Crippen molar-refractivity contribution in [3.63, 3.8) is 0 Å². The van der Waals surface area contributed by atoms with Crippen LogP contribution in [-0.2, 0) is 0 Å². The maximum atomic E-state index is 9.37. The van der Waals surface area contributed by atoms with Gasteiger partial charge in [-0.3, -0.25) is 0 Å². The van der Waals surface area contributed by atoms with Gasteiger partial charge in [-0.15, -0.1) is 0 Å². The van der Waals surface area contributed by atoms with Crippen molar-refractivity contribution >= 4 is 5.57 Å². The first kappa shape index (κ1) is 12.2. The highest BCUT2D eigenvalue weighted by atomic mass is 16.3. The summed E-state index contributed by atoms with van der Waals surface area (Å²) in [5.74, 6) is 0. The first-order chi connectivity index (χ1) is 9.38. The molecule has 0 fully saturated rings. The van der Waals surface area contributed by atoms with Gasteiger partial charge in [-0.2, -0.15) is 0 Å². The average Bonchev–Trinajstić information content (AvgIpc) is 2.97. The zero-order chi connectivity index (χ0) is 13.1. The van der Waals surface area contributed by atoms with Crippen LogP contribution in [0.5, 0.6) is 0 Å². The fourth-order valence-corrected chi connectivity index (χ4v) is 2.82. The summed E-state index contributed by atoms with van der Waals surface area (Å²) in [6.45, 7) is 0.204. The van der Waals surface area contributed by atoms with Gasteiger partial charge in [0, 0.05) is 0 Å². The summed E-state index contributed by atoms with van der Waals surface area (Å²) in [4.78, 5) is 0. The molecule has 3 rings (SSSR count). The van der Waals surface area contributed by atoms with Crippen molar-refractivity contribution in [2.75, 3.05) is 6.61 Å². The number of benzene rings is 2. The number of aliphatic hydroxyl groups excluding tert-OH is 1. The van der Waals surface area contributed by atoms with Crippen LogP contribution in [0.3, 0.4) is 0 Å². The lowest BCUT2D eigenvalue weighted by atomic mass is 9.98. The van der Waals surface area contributed by atoms with Gasteiger partial charge in [-0.25, -0.2) is 0 Å². The smallest absolute Gasteiger partial charge is 0.0647 e. The van der Waals surface area contributed by atoms with Crippen LogP contribution in [0, 0.1) is 0 Å². The molecule has 1 heteroatoms. The number of rotatable bonds is 3. The standard InChI is InChI=1S/C18H18O/c19-13-17-7-4-8-18(17)16-11-9-15(10-12-16)14-5-2-1-3-6-14/h1-3,5-6,9-12,19H,4,7-8,13H2. The first-order valence-corrected chi connectivity index (χ1v) is 6.86. The fraction of sp³-hybridized carbons (Fsp3) is 0.222. The number of hydrogen-bond donors (Lipinski definition) is 1. The molecular weight excluding hydrogens is 232 g/mol. The molecule has 2 aromatic rings. The molecule has 0 saturated heterocycles. The molecule has 0 bridgehead atoms. The van der Waals surface area contributed by atoms with Crippen molar-refractivity contribution in [3.8, 4) is 11.1 Å². The van der Waals surface area contributed by atoms with Crippen LogP contribution in [-0.4, -0.2) is 11.7 Å². The van der Waals surface area contributed by atoms with Crippen LogP contribution < -0.4 is 0 Å². The molecule has 0 atom stereocenters. The Labute approximate surface area is 114 Å². The van der Waals surface area contributed by atoms with Gasteiger partial charge in [0.1, 0.15) is 0 Å². The Hall–Kier alpha value is -1.86. The van der Waals surface area contributed by atoms with E-state index in [0.29, 0.717) is 0 Å². The van der Waals surface area contributed by atoms with Gasteiger partial charge in [0.05, 0.1) is 6.61 Å².